The number of para-hydroxylation sites is 1. The fourth-order valence-electron chi connectivity index (χ4n) is 3.47. The molecule has 146 valence electrons. The highest BCUT2D eigenvalue weighted by Gasteiger charge is 2.50. The summed E-state index contributed by atoms with van der Waals surface area (Å²) >= 11 is 7.63. The fraction of sp³-hybridized carbons (Fsp3) is 0.125. The molecule has 4 rings (SSSR count). The van der Waals surface area contributed by atoms with Gasteiger partial charge in [-0.05, 0) is 36.4 Å². The lowest BCUT2D eigenvalue weighted by Gasteiger charge is -2.20. The molecule has 0 saturated carbocycles. The Bertz CT molecular complexity index is 1040. The Morgan fingerprint density at radius 1 is 1.00 bits per heavy atom. The standard InChI is InChI=1S/C24H22ClN2OS/c1-18(26-21-14-12-20(25)13-15-21)16-23-27(22-10-6-3-7-11-22)24(28,17-29-23)19-8-4-2-5-9-19/h2-15,26,28H,1,16-17H2/q+1/t24-/m0/s1. The van der Waals surface area contributed by atoms with E-state index < -0.39 is 5.72 Å². The molecule has 0 spiro atoms. The molecule has 29 heavy (non-hydrogen) atoms. The maximum absolute atomic E-state index is 11.7. The summed E-state index contributed by atoms with van der Waals surface area (Å²) in [6, 6.07) is 27.4. The van der Waals surface area contributed by atoms with Gasteiger partial charge < -0.3 is 10.4 Å². The second-order valence-corrected chi connectivity index (χ2v) is 8.43. The third-order valence-electron chi connectivity index (χ3n) is 4.84. The van der Waals surface area contributed by atoms with Crippen molar-refractivity contribution in [3.05, 3.63) is 108 Å². The van der Waals surface area contributed by atoms with Crippen LogP contribution < -0.4 is 5.32 Å². The van der Waals surface area contributed by atoms with Crippen molar-refractivity contribution < 1.29 is 9.68 Å². The van der Waals surface area contributed by atoms with E-state index in [1.807, 2.05) is 89.5 Å². The molecule has 0 fully saturated rings. The number of anilines is 1. The molecule has 0 amide bonds. The second-order valence-electron chi connectivity index (χ2n) is 6.95. The summed E-state index contributed by atoms with van der Waals surface area (Å²) in [5.41, 5.74) is 2.52. The number of hydrogen-bond donors (Lipinski definition) is 2. The van der Waals surface area contributed by atoms with Crippen LogP contribution in [0.25, 0.3) is 0 Å². The number of allylic oxidation sites excluding steroid dienone is 1. The Kier molecular flexibility index (Phi) is 5.76. The van der Waals surface area contributed by atoms with Crippen LogP contribution in [-0.4, -0.2) is 20.5 Å². The number of rotatable bonds is 6. The summed E-state index contributed by atoms with van der Waals surface area (Å²) in [7, 11) is 0. The van der Waals surface area contributed by atoms with Gasteiger partial charge in [-0.25, -0.2) is 0 Å². The van der Waals surface area contributed by atoms with Crippen LogP contribution in [0.4, 0.5) is 11.4 Å². The highest BCUT2D eigenvalue weighted by Crippen LogP contribution is 2.40. The minimum atomic E-state index is -1.11. The second kappa shape index (κ2) is 8.46. The molecule has 2 N–H and O–H groups in total. The van der Waals surface area contributed by atoms with Crippen molar-refractivity contribution >= 4 is 39.8 Å². The van der Waals surface area contributed by atoms with Crippen LogP contribution >= 0.6 is 23.4 Å². The molecule has 0 saturated heterocycles. The molecule has 5 heteroatoms. The molecule has 3 aromatic rings. The van der Waals surface area contributed by atoms with Gasteiger partial charge in [0.25, 0.3) is 0 Å². The van der Waals surface area contributed by atoms with Crippen LogP contribution in [0, 0.1) is 0 Å². The van der Waals surface area contributed by atoms with Gasteiger partial charge in [-0.3, -0.25) is 0 Å². The van der Waals surface area contributed by atoms with E-state index in [0.717, 1.165) is 27.7 Å². The van der Waals surface area contributed by atoms with E-state index in [0.29, 0.717) is 17.2 Å². The molecule has 0 radical (unpaired) electrons. The number of nitrogens with one attached hydrogen (secondary N) is 1. The summed E-state index contributed by atoms with van der Waals surface area (Å²) < 4.78 is 2.03. The Morgan fingerprint density at radius 3 is 2.28 bits per heavy atom. The van der Waals surface area contributed by atoms with Gasteiger partial charge in [-0.2, -0.15) is 4.58 Å². The third-order valence-corrected chi connectivity index (χ3v) is 6.30. The zero-order valence-corrected chi connectivity index (χ0v) is 17.5. The van der Waals surface area contributed by atoms with Crippen molar-refractivity contribution in [3.8, 4) is 0 Å². The molecule has 0 aliphatic carbocycles. The minimum absolute atomic E-state index is 0.551. The van der Waals surface area contributed by atoms with E-state index in [9.17, 15) is 5.11 Å². The average Bonchev–Trinajstić information content (AvgIpc) is 3.08. The molecule has 3 nitrogen and oxygen atoms in total. The Hall–Kier alpha value is -2.53. The number of aliphatic hydroxyl groups is 1. The molecule has 0 bridgehead atoms. The first kappa shape index (κ1) is 19.8. The van der Waals surface area contributed by atoms with Crippen molar-refractivity contribution in [3.63, 3.8) is 0 Å². The van der Waals surface area contributed by atoms with Crippen molar-refractivity contribution in [2.75, 3.05) is 11.1 Å². The maximum Gasteiger partial charge on any atom is 0.307 e. The average molecular weight is 422 g/mol. The molecule has 1 heterocycles. The fourth-order valence-corrected chi connectivity index (χ4v) is 4.92. The van der Waals surface area contributed by atoms with Gasteiger partial charge in [-0.15, -0.1) is 0 Å². The number of thioether (sulfide) groups is 1. The molecular formula is C24H22ClN2OS+. The van der Waals surface area contributed by atoms with Crippen LogP contribution in [0.5, 0.6) is 0 Å². The van der Waals surface area contributed by atoms with Gasteiger partial charge in [0, 0.05) is 28.5 Å². The van der Waals surface area contributed by atoms with E-state index in [-0.39, 0.29) is 0 Å². The highest BCUT2D eigenvalue weighted by molar-refractivity contribution is 8.13. The largest absolute Gasteiger partial charge is 0.359 e. The first-order valence-corrected chi connectivity index (χ1v) is 10.7. The lowest BCUT2D eigenvalue weighted by atomic mass is 10.0. The van der Waals surface area contributed by atoms with Gasteiger partial charge >= 0.3 is 5.72 Å². The van der Waals surface area contributed by atoms with Crippen molar-refractivity contribution in [1.82, 2.24) is 0 Å². The van der Waals surface area contributed by atoms with Gasteiger partial charge in [0.2, 0.25) is 10.7 Å². The third kappa shape index (κ3) is 4.25. The zero-order chi connectivity index (χ0) is 20.3. The Morgan fingerprint density at radius 2 is 1.62 bits per heavy atom. The summed E-state index contributed by atoms with van der Waals surface area (Å²) in [5.74, 6) is 0.551. The molecule has 1 atom stereocenters. The highest BCUT2D eigenvalue weighted by atomic mass is 35.5. The summed E-state index contributed by atoms with van der Waals surface area (Å²) in [5, 5.41) is 16.8. The van der Waals surface area contributed by atoms with Crippen LogP contribution in [0.1, 0.15) is 12.0 Å². The Balaban J connectivity index is 1.67. The van der Waals surface area contributed by atoms with E-state index in [2.05, 4.69) is 11.9 Å². The number of nitrogens with zero attached hydrogens (tertiary/aromatic N) is 1. The lowest BCUT2D eigenvalue weighted by Crippen LogP contribution is -2.37. The summed E-state index contributed by atoms with van der Waals surface area (Å²) in [4.78, 5) is 0. The number of halogens is 1. The minimum Gasteiger partial charge on any atom is -0.359 e. The van der Waals surface area contributed by atoms with Crippen molar-refractivity contribution in [2.24, 2.45) is 0 Å². The quantitative estimate of drug-likeness (QED) is 0.480. The normalized spacial score (nSPS) is 18.7. The molecule has 0 aromatic heterocycles. The SMILES string of the molecule is C=C(CC1=[N+](c2ccccc2)[C@@](O)(c2ccccc2)CS1)Nc1ccc(Cl)cc1. The van der Waals surface area contributed by atoms with Gasteiger partial charge in [-0.1, -0.05) is 66.3 Å². The number of hydrogen-bond acceptors (Lipinski definition) is 3. The predicted octanol–water partition coefficient (Wildman–Crippen LogP) is 5.99. The first-order valence-electron chi connectivity index (χ1n) is 9.38. The molecule has 0 unspecified atom stereocenters. The smallest absolute Gasteiger partial charge is 0.307 e. The maximum atomic E-state index is 11.7. The van der Waals surface area contributed by atoms with Gasteiger partial charge in [0.15, 0.2) is 0 Å². The summed E-state index contributed by atoms with van der Waals surface area (Å²) in [6.07, 6.45) is 0.608. The van der Waals surface area contributed by atoms with Gasteiger partial charge in [0.1, 0.15) is 5.75 Å². The lowest BCUT2D eigenvalue weighted by molar-refractivity contribution is -0.593. The molecule has 1 aliphatic rings. The van der Waals surface area contributed by atoms with Crippen LogP contribution in [0.3, 0.4) is 0 Å². The zero-order valence-electron chi connectivity index (χ0n) is 15.9. The predicted molar refractivity (Wildman–Crippen MR) is 123 cm³/mol. The molecule has 1 aliphatic heterocycles. The van der Waals surface area contributed by atoms with E-state index in [1.165, 1.54) is 0 Å². The topological polar surface area (TPSA) is 35.3 Å². The first-order chi connectivity index (χ1) is 14.1. The van der Waals surface area contributed by atoms with Crippen LogP contribution in [-0.2, 0) is 5.72 Å². The van der Waals surface area contributed by atoms with E-state index >= 15 is 0 Å². The van der Waals surface area contributed by atoms with E-state index in [4.69, 9.17) is 11.6 Å². The van der Waals surface area contributed by atoms with Gasteiger partial charge in [0.05, 0.1) is 12.0 Å². The molecule has 3 aromatic carbocycles. The van der Waals surface area contributed by atoms with E-state index in [1.54, 1.807) is 11.8 Å². The monoisotopic (exact) mass is 421 g/mol. The Labute approximate surface area is 180 Å². The summed E-state index contributed by atoms with van der Waals surface area (Å²) in [6.45, 7) is 4.20. The van der Waals surface area contributed by atoms with Crippen LogP contribution in [0.15, 0.2) is 97.2 Å². The van der Waals surface area contributed by atoms with Crippen molar-refractivity contribution in [2.45, 2.75) is 12.1 Å². The van der Waals surface area contributed by atoms with Crippen molar-refractivity contribution in [1.29, 1.82) is 0 Å². The molecular weight excluding hydrogens is 400 g/mol. The number of benzene rings is 3. The van der Waals surface area contributed by atoms with Crippen LogP contribution in [0.2, 0.25) is 5.02 Å².